The molecule has 3 heterocycles. The van der Waals surface area contributed by atoms with Gasteiger partial charge in [-0.2, -0.15) is 5.10 Å². The Morgan fingerprint density at radius 2 is 2.23 bits per heavy atom. The Hall–Kier alpha value is -1.68. The average molecular weight is 469 g/mol. The van der Waals surface area contributed by atoms with Crippen LogP contribution in [0.4, 0.5) is 0 Å². The summed E-state index contributed by atoms with van der Waals surface area (Å²) in [6.45, 7) is 6.18. The van der Waals surface area contributed by atoms with Crippen molar-refractivity contribution in [3.63, 3.8) is 0 Å². The number of hydrogen-bond donors (Lipinski definition) is 2. The van der Waals surface area contributed by atoms with Crippen LogP contribution in [-0.4, -0.2) is 58.3 Å². The van der Waals surface area contributed by atoms with Crippen molar-refractivity contribution in [2.45, 2.75) is 32.4 Å². The number of rotatable bonds is 6. The number of aromatic nitrogens is 3. The highest BCUT2D eigenvalue weighted by Crippen LogP contribution is 2.15. The number of nitrogens with zero attached hydrogens (tertiary/aromatic N) is 5. The van der Waals surface area contributed by atoms with Gasteiger partial charge in [-0.1, -0.05) is 6.92 Å². The van der Waals surface area contributed by atoms with E-state index in [-0.39, 0.29) is 24.0 Å². The molecule has 2 aromatic heterocycles. The fraction of sp³-hybridized carbons (Fsp3) is 0.500. The van der Waals surface area contributed by atoms with Crippen LogP contribution in [0.1, 0.15) is 25.3 Å². The van der Waals surface area contributed by atoms with Crippen molar-refractivity contribution in [1.82, 2.24) is 30.3 Å². The lowest BCUT2D eigenvalue weighted by atomic mass is 10.2. The number of guanidine groups is 1. The quantitative estimate of drug-likeness (QED) is 0.385. The third-order valence-electron chi connectivity index (χ3n) is 4.64. The molecular weight excluding hydrogens is 441 g/mol. The SMILES string of the molecule is CCN1CCCC1CNC(=NC)NCc1ccnc(-n2cccn2)c1.I. The molecule has 0 saturated carbocycles. The summed E-state index contributed by atoms with van der Waals surface area (Å²) in [6, 6.07) is 6.53. The van der Waals surface area contributed by atoms with E-state index in [1.165, 1.54) is 19.4 Å². The van der Waals surface area contributed by atoms with E-state index in [2.05, 4.69) is 37.5 Å². The van der Waals surface area contributed by atoms with Crippen molar-refractivity contribution in [1.29, 1.82) is 0 Å². The Morgan fingerprint density at radius 3 is 2.96 bits per heavy atom. The number of halogens is 1. The fourth-order valence-corrected chi connectivity index (χ4v) is 3.26. The van der Waals surface area contributed by atoms with Crippen molar-refractivity contribution >= 4 is 29.9 Å². The molecule has 142 valence electrons. The third kappa shape index (κ3) is 5.41. The molecule has 26 heavy (non-hydrogen) atoms. The van der Waals surface area contributed by atoms with Gasteiger partial charge >= 0.3 is 0 Å². The maximum Gasteiger partial charge on any atom is 0.191 e. The summed E-state index contributed by atoms with van der Waals surface area (Å²) in [7, 11) is 1.81. The van der Waals surface area contributed by atoms with Gasteiger partial charge in [-0.25, -0.2) is 9.67 Å². The van der Waals surface area contributed by atoms with Crippen LogP contribution >= 0.6 is 24.0 Å². The zero-order chi connectivity index (χ0) is 17.5. The van der Waals surface area contributed by atoms with Gasteiger partial charge < -0.3 is 10.6 Å². The molecule has 1 aliphatic rings. The highest BCUT2D eigenvalue weighted by molar-refractivity contribution is 14.0. The third-order valence-corrected chi connectivity index (χ3v) is 4.64. The van der Waals surface area contributed by atoms with E-state index in [1.807, 2.05) is 37.6 Å². The van der Waals surface area contributed by atoms with Crippen LogP contribution < -0.4 is 10.6 Å². The summed E-state index contributed by atoms with van der Waals surface area (Å²) < 4.78 is 1.76. The molecule has 0 aromatic carbocycles. The fourth-order valence-electron chi connectivity index (χ4n) is 3.26. The van der Waals surface area contributed by atoms with Crippen LogP contribution in [0.5, 0.6) is 0 Å². The molecule has 0 bridgehead atoms. The lowest BCUT2D eigenvalue weighted by Crippen LogP contribution is -2.44. The largest absolute Gasteiger partial charge is 0.355 e. The molecule has 3 rings (SSSR count). The summed E-state index contributed by atoms with van der Waals surface area (Å²) in [5, 5.41) is 11.1. The maximum atomic E-state index is 4.36. The Balaban J connectivity index is 0.00000243. The second-order valence-electron chi connectivity index (χ2n) is 6.20. The molecule has 1 atom stereocenters. The highest BCUT2D eigenvalue weighted by atomic mass is 127. The van der Waals surface area contributed by atoms with E-state index >= 15 is 0 Å². The normalized spacial score (nSPS) is 17.8. The zero-order valence-corrected chi connectivity index (χ0v) is 17.8. The van der Waals surface area contributed by atoms with Crippen LogP contribution in [-0.2, 0) is 6.54 Å². The molecule has 2 aromatic rings. The predicted octanol–water partition coefficient (Wildman–Crippen LogP) is 2.03. The predicted molar refractivity (Wildman–Crippen MR) is 115 cm³/mol. The van der Waals surface area contributed by atoms with E-state index in [4.69, 9.17) is 0 Å². The molecule has 1 aliphatic heterocycles. The number of nitrogens with one attached hydrogen (secondary N) is 2. The van der Waals surface area contributed by atoms with Gasteiger partial charge in [-0.05, 0) is 49.7 Å². The number of pyridine rings is 1. The van der Waals surface area contributed by atoms with Crippen LogP contribution in [0.3, 0.4) is 0 Å². The highest BCUT2D eigenvalue weighted by Gasteiger charge is 2.22. The zero-order valence-electron chi connectivity index (χ0n) is 15.4. The monoisotopic (exact) mass is 469 g/mol. The molecule has 8 heteroatoms. The molecule has 0 amide bonds. The maximum absolute atomic E-state index is 4.36. The minimum Gasteiger partial charge on any atom is -0.355 e. The average Bonchev–Trinajstić information content (AvgIpc) is 3.33. The van der Waals surface area contributed by atoms with Crippen LogP contribution in [0, 0.1) is 0 Å². The van der Waals surface area contributed by atoms with Crippen molar-refractivity contribution in [3.05, 3.63) is 42.4 Å². The van der Waals surface area contributed by atoms with Gasteiger partial charge in [-0.3, -0.25) is 9.89 Å². The Bertz CT molecular complexity index is 687. The Kier molecular flexibility index (Phi) is 8.30. The van der Waals surface area contributed by atoms with Gasteiger partial charge in [0, 0.05) is 44.8 Å². The lowest BCUT2D eigenvalue weighted by Gasteiger charge is -2.24. The minimum atomic E-state index is 0. The first-order valence-electron chi connectivity index (χ1n) is 8.93. The molecule has 7 nitrogen and oxygen atoms in total. The first-order valence-corrected chi connectivity index (χ1v) is 8.93. The lowest BCUT2D eigenvalue weighted by molar-refractivity contribution is 0.267. The molecule has 1 saturated heterocycles. The van der Waals surface area contributed by atoms with Gasteiger partial charge in [0.1, 0.15) is 0 Å². The molecule has 0 aliphatic carbocycles. The summed E-state index contributed by atoms with van der Waals surface area (Å²) in [6.07, 6.45) is 8.00. The Labute approximate surface area is 172 Å². The van der Waals surface area contributed by atoms with E-state index in [1.54, 1.807) is 10.9 Å². The van der Waals surface area contributed by atoms with Crippen molar-refractivity contribution in [2.75, 3.05) is 26.7 Å². The minimum absolute atomic E-state index is 0. The number of likely N-dealkylation sites (tertiary alicyclic amines) is 1. The smallest absolute Gasteiger partial charge is 0.191 e. The summed E-state index contributed by atoms with van der Waals surface area (Å²) in [5.74, 6) is 1.65. The first kappa shape index (κ1) is 20.6. The van der Waals surface area contributed by atoms with Gasteiger partial charge in [-0.15, -0.1) is 24.0 Å². The van der Waals surface area contributed by atoms with Crippen LogP contribution in [0.25, 0.3) is 5.82 Å². The molecule has 0 radical (unpaired) electrons. The second kappa shape index (κ2) is 10.5. The van der Waals surface area contributed by atoms with Gasteiger partial charge in [0.25, 0.3) is 0 Å². The summed E-state index contributed by atoms with van der Waals surface area (Å²) in [5.41, 5.74) is 1.14. The standard InChI is InChI=1S/C18H27N7.HI/c1-3-24-10-4-6-16(24)14-22-18(19-2)21-13-15-7-9-20-17(12-15)25-11-5-8-23-25;/h5,7-9,11-12,16H,3-4,6,10,13-14H2,1-2H3,(H2,19,21,22);1H. The molecule has 1 fully saturated rings. The summed E-state index contributed by atoms with van der Waals surface area (Å²) in [4.78, 5) is 11.2. The molecule has 1 unspecified atom stereocenters. The van der Waals surface area contributed by atoms with E-state index < -0.39 is 0 Å². The second-order valence-corrected chi connectivity index (χ2v) is 6.20. The van der Waals surface area contributed by atoms with E-state index in [9.17, 15) is 0 Å². The number of aliphatic imine (C=N–C) groups is 1. The number of hydrogen-bond acceptors (Lipinski definition) is 4. The van der Waals surface area contributed by atoms with Crippen LogP contribution in [0.15, 0.2) is 41.8 Å². The van der Waals surface area contributed by atoms with Gasteiger partial charge in [0.2, 0.25) is 0 Å². The van der Waals surface area contributed by atoms with Gasteiger partial charge in [0.15, 0.2) is 11.8 Å². The first-order chi connectivity index (χ1) is 12.3. The van der Waals surface area contributed by atoms with E-state index in [0.717, 1.165) is 30.4 Å². The topological polar surface area (TPSA) is 70.4 Å². The van der Waals surface area contributed by atoms with Crippen molar-refractivity contribution < 1.29 is 0 Å². The molecule has 0 spiro atoms. The molecule has 2 N–H and O–H groups in total. The van der Waals surface area contributed by atoms with Crippen LogP contribution in [0.2, 0.25) is 0 Å². The van der Waals surface area contributed by atoms with E-state index in [0.29, 0.717) is 12.6 Å². The van der Waals surface area contributed by atoms with Crippen molar-refractivity contribution in [2.24, 2.45) is 4.99 Å². The summed E-state index contributed by atoms with van der Waals surface area (Å²) >= 11 is 0. The van der Waals surface area contributed by atoms with Gasteiger partial charge in [0.05, 0.1) is 0 Å². The Morgan fingerprint density at radius 1 is 1.35 bits per heavy atom. The molecular formula is C18H28IN7. The number of likely N-dealkylation sites (N-methyl/N-ethyl adjacent to an activating group) is 1. The van der Waals surface area contributed by atoms with Crippen molar-refractivity contribution in [3.8, 4) is 5.82 Å².